The fraction of sp³-hybridized carbons (Fsp3) is 0.721. The lowest BCUT2D eigenvalue weighted by atomic mass is 9.99. The molecule has 0 saturated carbocycles. The topological polar surface area (TPSA) is 149 Å². The molecule has 0 bridgehead atoms. The Bertz CT molecular complexity index is 1580. The SMILES string of the molecule is CC/C=C\C/C=C\C/C=C\C/C=C\C/C=C\C/C=C\CCCCCCCCCCCCCCCCC(=O)NC(COC1OC(CO)C(O)C(O)C1O)C(O)/C=C/CC/C=C/CC/C=C/CCCCCCCCCCCCC. The largest absolute Gasteiger partial charge is 0.394 e. The molecule has 1 rings (SSSR count). The third kappa shape index (κ3) is 45.3. The zero-order chi connectivity index (χ0) is 55.8. The molecule has 442 valence electrons. The minimum atomic E-state index is -1.58. The lowest BCUT2D eigenvalue weighted by Gasteiger charge is -2.40. The molecule has 1 saturated heterocycles. The Hall–Kier alpha value is -3.15. The Morgan fingerprint density at radius 2 is 0.818 bits per heavy atom. The predicted octanol–water partition coefficient (Wildman–Crippen LogP) is 16.5. The van der Waals surface area contributed by atoms with E-state index in [4.69, 9.17) is 9.47 Å². The number of unbranched alkanes of at least 4 members (excludes halogenated alkanes) is 27. The molecule has 1 aliphatic heterocycles. The van der Waals surface area contributed by atoms with Crippen LogP contribution in [0.1, 0.15) is 258 Å². The summed E-state index contributed by atoms with van der Waals surface area (Å²) >= 11 is 0. The molecule has 0 aromatic rings. The maximum Gasteiger partial charge on any atom is 0.220 e. The van der Waals surface area contributed by atoms with Crippen LogP contribution in [0.25, 0.3) is 0 Å². The van der Waals surface area contributed by atoms with Crippen molar-refractivity contribution in [2.24, 2.45) is 0 Å². The second-order valence-corrected chi connectivity index (χ2v) is 21.4. The lowest BCUT2D eigenvalue weighted by molar-refractivity contribution is -0.302. The molecule has 0 aromatic heterocycles. The number of allylic oxidation sites excluding steroid dienone is 17. The van der Waals surface area contributed by atoms with E-state index in [1.54, 1.807) is 6.08 Å². The maximum atomic E-state index is 13.1. The fourth-order valence-electron chi connectivity index (χ4n) is 9.37. The summed E-state index contributed by atoms with van der Waals surface area (Å²) < 4.78 is 11.3. The number of amides is 1. The van der Waals surface area contributed by atoms with Crippen molar-refractivity contribution in [2.45, 2.75) is 301 Å². The molecule has 1 fully saturated rings. The number of rotatable bonds is 53. The van der Waals surface area contributed by atoms with Crippen LogP contribution >= 0.6 is 0 Å². The summed E-state index contributed by atoms with van der Waals surface area (Å²) in [5, 5.41) is 54.6. The van der Waals surface area contributed by atoms with Crippen molar-refractivity contribution in [2.75, 3.05) is 13.2 Å². The zero-order valence-electron chi connectivity index (χ0n) is 49.2. The Labute approximate surface area is 472 Å². The highest BCUT2D eigenvalue weighted by Crippen LogP contribution is 2.23. The van der Waals surface area contributed by atoms with Crippen molar-refractivity contribution in [1.29, 1.82) is 0 Å². The minimum Gasteiger partial charge on any atom is -0.394 e. The van der Waals surface area contributed by atoms with E-state index in [-0.39, 0.29) is 12.5 Å². The number of aliphatic hydroxyl groups is 5. The smallest absolute Gasteiger partial charge is 0.220 e. The summed E-state index contributed by atoms with van der Waals surface area (Å²) in [4.78, 5) is 13.1. The first kappa shape index (κ1) is 71.9. The summed E-state index contributed by atoms with van der Waals surface area (Å²) in [6, 6.07) is -0.836. The average molecular weight is 1080 g/mol. The van der Waals surface area contributed by atoms with Crippen LogP contribution in [0, 0.1) is 0 Å². The maximum absolute atomic E-state index is 13.1. The van der Waals surface area contributed by atoms with Gasteiger partial charge in [-0.1, -0.05) is 264 Å². The van der Waals surface area contributed by atoms with Crippen LogP contribution in [0.2, 0.25) is 0 Å². The van der Waals surface area contributed by atoms with Gasteiger partial charge in [-0.15, -0.1) is 0 Å². The van der Waals surface area contributed by atoms with Gasteiger partial charge in [0.15, 0.2) is 6.29 Å². The van der Waals surface area contributed by atoms with E-state index in [9.17, 15) is 30.3 Å². The number of aliphatic hydroxyl groups excluding tert-OH is 5. The van der Waals surface area contributed by atoms with E-state index >= 15 is 0 Å². The van der Waals surface area contributed by atoms with Crippen LogP contribution in [-0.2, 0) is 14.3 Å². The van der Waals surface area contributed by atoms with Crippen LogP contribution in [0.5, 0.6) is 0 Å². The molecule has 1 aliphatic rings. The molecule has 0 aromatic carbocycles. The van der Waals surface area contributed by atoms with Gasteiger partial charge in [-0.25, -0.2) is 0 Å². The van der Waals surface area contributed by atoms with E-state index in [1.165, 1.54) is 154 Å². The van der Waals surface area contributed by atoms with E-state index in [2.05, 4.69) is 116 Å². The zero-order valence-corrected chi connectivity index (χ0v) is 49.2. The van der Waals surface area contributed by atoms with Crippen LogP contribution in [0.4, 0.5) is 0 Å². The Kier molecular flexibility index (Phi) is 52.4. The molecule has 9 nitrogen and oxygen atoms in total. The molecule has 9 heteroatoms. The van der Waals surface area contributed by atoms with Gasteiger partial charge in [-0.2, -0.15) is 0 Å². The Balaban J connectivity index is 2.20. The third-order valence-corrected chi connectivity index (χ3v) is 14.3. The highest BCUT2D eigenvalue weighted by molar-refractivity contribution is 5.76. The van der Waals surface area contributed by atoms with Crippen molar-refractivity contribution in [1.82, 2.24) is 5.32 Å². The number of carbonyl (C=O) groups excluding carboxylic acids is 1. The molecule has 77 heavy (non-hydrogen) atoms. The second kappa shape index (κ2) is 56.1. The molecule has 7 atom stereocenters. The number of nitrogens with one attached hydrogen (secondary N) is 1. The highest BCUT2D eigenvalue weighted by Gasteiger charge is 2.44. The highest BCUT2D eigenvalue weighted by atomic mass is 16.7. The van der Waals surface area contributed by atoms with Crippen molar-refractivity contribution >= 4 is 5.91 Å². The van der Waals surface area contributed by atoms with Gasteiger partial charge >= 0.3 is 0 Å². The summed E-state index contributed by atoms with van der Waals surface area (Å²) in [5.74, 6) is -0.194. The van der Waals surface area contributed by atoms with Crippen molar-refractivity contribution in [3.63, 3.8) is 0 Å². The number of hydrogen-bond acceptors (Lipinski definition) is 8. The van der Waals surface area contributed by atoms with Gasteiger partial charge in [0.1, 0.15) is 24.4 Å². The van der Waals surface area contributed by atoms with Gasteiger partial charge in [0.25, 0.3) is 0 Å². The van der Waals surface area contributed by atoms with Crippen molar-refractivity contribution in [3.05, 3.63) is 109 Å². The van der Waals surface area contributed by atoms with Gasteiger partial charge in [-0.05, 0) is 96.3 Å². The van der Waals surface area contributed by atoms with Crippen molar-refractivity contribution in [3.8, 4) is 0 Å². The Morgan fingerprint density at radius 3 is 1.25 bits per heavy atom. The first-order chi connectivity index (χ1) is 37.8. The fourth-order valence-corrected chi connectivity index (χ4v) is 9.37. The quantitative estimate of drug-likeness (QED) is 0.0261. The molecule has 6 N–H and O–H groups in total. The van der Waals surface area contributed by atoms with Gasteiger partial charge in [0.05, 0.1) is 25.4 Å². The standard InChI is InChI=1S/C68H117NO8/c1-3-5-7-9-11-13-15-17-19-21-23-25-26-27-28-29-30-31-32-33-34-35-36-38-40-42-44-46-48-50-52-54-56-58-64(72)69-61(60-76-68-67(75)66(74)65(73)63(59-70)77-68)62(71)57-55-53-51-49-47-45-43-41-39-37-24-22-20-18-16-14-12-10-8-6-4-2/h5,7,11,13,17,19,23,25,27-28,30-31,39,41,47,49,55,57,61-63,65-68,70-71,73-75H,3-4,6,8-10,12,14-16,18,20-22,24,26,29,32-38,40,42-46,48,50-54,56,58-60H2,1-2H3,(H,69,72)/b7-5-,13-11-,19-17-,25-23-,28-27-,31-30-,41-39+,49-47+,57-55+. The van der Waals surface area contributed by atoms with Crippen LogP contribution in [0.3, 0.4) is 0 Å². The first-order valence-electron chi connectivity index (χ1n) is 31.6. The monoisotopic (exact) mass is 1080 g/mol. The van der Waals surface area contributed by atoms with E-state index in [0.717, 1.165) is 83.5 Å². The van der Waals surface area contributed by atoms with Gasteiger partial charge in [-0.3, -0.25) is 4.79 Å². The molecular weight excluding hydrogens is 959 g/mol. The molecule has 0 aliphatic carbocycles. The molecule has 1 heterocycles. The van der Waals surface area contributed by atoms with Crippen LogP contribution in [-0.4, -0.2) is 87.5 Å². The molecule has 7 unspecified atom stereocenters. The second-order valence-electron chi connectivity index (χ2n) is 21.4. The van der Waals surface area contributed by atoms with Gasteiger partial charge < -0.3 is 40.3 Å². The van der Waals surface area contributed by atoms with Crippen molar-refractivity contribution < 1.29 is 39.8 Å². The Morgan fingerprint density at radius 1 is 0.455 bits per heavy atom. The normalized spacial score (nSPS) is 19.5. The van der Waals surface area contributed by atoms with Gasteiger partial charge in [0.2, 0.25) is 5.91 Å². The predicted molar refractivity (Wildman–Crippen MR) is 327 cm³/mol. The molecular formula is C68H117NO8. The van der Waals surface area contributed by atoms with Gasteiger partial charge in [0, 0.05) is 6.42 Å². The third-order valence-electron chi connectivity index (χ3n) is 14.3. The van der Waals surface area contributed by atoms with E-state index in [0.29, 0.717) is 6.42 Å². The van der Waals surface area contributed by atoms with E-state index < -0.39 is 49.5 Å². The summed E-state index contributed by atoms with van der Waals surface area (Å²) in [6.07, 6.45) is 75.9. The average Bonchev–Trinajstić information content (AvgIpc) is 3.43. The van der Waals surface area contributed by atoms with Crippen LogP contribution in [0.15, 0.2) is 109 Å². The number of carbonyl (C=O) groups is 1. The molecule has 0 radical (unpaired) electrons. The van der Waals surface area contributed by atoms with E-state index in [1.807, 2.05) is 6.08 Å². The minimum absolute atomic E-state index is 0.194. The first-order valence-corrected chi connectivity index (χ1v) is 31.6. The summed E-state index contributed by atoms with van der Waals surface area (Å²) in [6.45, 7) is 3.65. The van der Waals surface area contributed by atoms with Crippen LogP contribution < -0.4 is 5.32 Å². The summed E-state index contributed by atoms with van der Waals surface area (Å²) in [5.41, 5.74) is 0. The molecule has 1 amide bonds. The lowest BCUT2D eigenvalue weighted by Crippen LogP contribution is -2.60. The summed E-state index contributed by atoms with van der Waals surface area (Å²) in [7, 11) is 0. The molecule has 0 spiro atoms. The number of hydrogen-bond donors (Lipinski definition) is 6. The number of ether oxygens (including phenoxy) is 2.